The van der Waals surface area contributed by atoms with Gasteiger partial charge in [-0.05, 0) is 37.6 Å². The lowest BCUT2D eigenvalue weighted by atomic mass is 10.2. The first-order valence-electron chi connectivity index (χ1n) is 6.66. The van der Waals surface area contributed by atoms with Crippen LogP contribution < -0.4 is 10.5 Å². The number of carbonyl (C=O) groups excluding carboxylic acids is 1. The third-order valence-corrected chi connectivity index (χ3v) is 2.92. The van der Waals surface area contributed by atoms with Crippen LogP contribution in [0, 0.1) is 6.92 Å². The number of anilines is 1. The Morgan fingerprint density at radius 1 is 1.43 bits per heavy atom. The molecule has 0 amide bonds. The first-order chi connectivity index (χ1) is 10.1. The first kappa shape index (κ1) is 14.8. The minimum Gasteiger partial charge on any atom is -0.492 e. The van der Waals surface area contributed by atoms with Gasteiger partial charge in [0.2, 0.25) is 0 Å². The molecule has 0 aliphatic heterocycles. The molecule has 7 heteroatoms. The first-order valence-corrected chi connectivity index (χ1v) is 6.66. The Morgan fingerprint density at radius 2 is 2.24 bits per heavy atom. The number of benzene rings is 1. The van der Waals surface area contributed by atoms with Crippen LogP contribution in [0.2, 0.25) is 0 Å². The molecule has 0 radical (unpaired) electrons. The van der Waals surface area contributed by atoms with Crippen molar-refractivity contribution in [3.05, 3.63) is 35.7 Å². The molecule has 2 N–H and O–H groups in total. The van der Waals surface area contributed by atoms with Crippen LogP contribution in [0.5, 0.6) is 5.75 Å². The lowest BCUT2D eigenvalue weighted by Crippen LogP contribution is -2.17. The van der Waals surface area contributed by atoms with E-state index in [-0.39, 0.29) is 0 Å². The SMILES string of the molecule is CCOC(=O)c1cnnn1CCOc1ccc(N)c(C)c1. The molecular weight excluding hydrogens is 272 g/mol. The molecule has 0 unspecified atom stereocenters. The quantitative estimate of drug-likeness (QED) is 0.639. The average molecular weight is 290 g/mol. The zero-order valence-electron chi connectivity index (χ0n) is 12.1. The number of nitrogen functional groups attached to an aromatic ring is 1. The number of aromatic nitrogens is 3. The van der Waals surface area contributed by atoms with E-state index in [0.29, 0.717) is 25.5 Å². The Labute approximate surface area is 122 Å². The normalized spacial score (nSPS) is 10.4. The van der Waals surface area contributed by atoms with Gasteiger partial charge in [0.15, 0.2) is 5.69 Å². The van der Waals surface area contributed by atoms with E-state index < -0.39 is 5.97 Å². The molecule has 1 aromatic carbocycles. The molecule has 112 valence electrons. The van der Waals surface area contributed by atoms with Crippen LogP contribution in [0.4, 0.5) is 5.69 Å². The molecule has 0 fully saturated rings. The van der Waals surface area contributed by atoms with Crippen molar-refractivity contribution in [3.63, 3.8) is 0 Å². The number of rotatable bonds is 6. The zero-order valence-corrected chi connectivity index (χ0v) is 12.1. The number of ether oxygens (including phenoxy) is 2. The highest BCUT2D eigenvalue weighted by Gasteiger charge is 2.13. The maximum atomic E-state index is 11.7. The topological polar surface area (TPSA) is 92.3 Å². The number of hydrogen-bond donors (Lipinski definition) is 1. The summed E-state index contributed by atoms with van der Waals surface area (Å²) in [6.45, 7) is 4.74. The van der Waals surface area contributed by atoms with Gasteiger partial charge in [0, 0.05) is 5.69 Å². The van der Waals surface area contributed by atoms with Gasteiger partial charge in [0.25, 0.3) is 0 Å². The Kier molecular flexibility index (Phi) is 4.76. The van der Waals surface area contributed by atoms with E-state index >= 15 is 0 Å². The molecule has 0 aliphatic rings. The Morgan fingerprint density at radius 3 is 2.95 bits per heavy atom. The van der Waals surface area contributed by atoms with Crippen LogP contribution in [-0.2, 0) is 11.3 Å². The molecule has 2 rings (SSSR count). The maximum Gasteiger partial charge on any atom is 0.358 e. The summed E-state index contributed by atoms with van der Waals surface area (Å²) < 4.78 is 12.0. The number of carbonyl (C=O) groups is 1. The van der Waals surface area contributed by atoms with E-state index in [1.807, 2.05) is 13.0 Å². The summed E-state index contributed by atoms with van der Waals surface area (Å²) in [5.74, 6) is 0.283. The van der Waals surface area contributed by atoms with Crippen molar-refractivity contribution in [1.82, 2.24) is 15.0 Å². The summed E-state index contributed by atoms with van der Waals surface area (Å²) in [7, 11) is 0. The van der Waals surface area contributed by atoms with Gasteiger partial charge < -0.3 is 15.2 Å². The standard InChI is InChI=1S/C14H18N4O3/c1-3-20-14(19)13-9-16-17-18(13)6-7-21-11-4-5-12(15)10(2)8-11/h4-5,8-9H,3,6-7,15H2,1-2H3. The van der Waals surface area contributed by atoms with E-state index in [4.69, 9.17) is 15.2 Å². The highest BCUT2D eigenvalue weighted by atomic mass is 16.5. The number of aryl methyl sites for hydroxylation is 1. The largest absolute Gasteiger partial charge is 0.492 e. The Balaban J connectivity index is 1.93. The van der Waals surface area contributed by atoms with E-state index in [9.17, 15) is 4.79 Å². The minimum atomic E-state index is -0.439. The molecule has 0 aliphatic carbocycles. The lowest BCUT2D eigenvalue weighted by molar-refractivity contribution is 0.0510. The summed E-state index contributed by atoms with van der Waals surface area (Å²) in [4.78, 5) is 11.7. The predicted molar refractivity (Wildman–Crippen MR) is 77.1 cm³/mol. The molecule has 1 aromatic heterocycles. The molecule has 1 heterocycles. The maximum absolute atomic E-state index is 11.7. The van der Waals surface area contributed by atoms with E-state index in [0.717, 1.165) is 17.0 Å². The minimum absolute atomic E-state index is 0.311. The summed E-state index contributed by atoms with van der Waals surface area (Å²) in [5.41, 5.74) is 7.74. The number of nitrogens with zero attached hydrogens (tertiary/aromatic N) is 3. The molecule has 2 aromatic rings. The third kappa shape index (κ3) is 3.71. The number of hydrogen-bond acceptors (Lipinski definition) is 6. The smallest absolute Gasteiger partial charge is 0.358 e. The number of esters is 1. The fraction of sp³-hybridized carbons (Fsp3) is 0.357. The van der Waals surface area contributed by atoms with Crippen LogP contribution in [0.15, 0.2) is 24.4 Å². The molecular formula is C14H18N4O3. The molecule has 21 heavy (non-hydrogen) atoms. The van der Waals surface area contributed by atoms with Crippen LogP contribution in [-0.4, -0.2) is 34.2 Å². The zero-order chi connectivity index (χ0) is 15.2. The molecule has 0 saturated heterocycles. The summed E-state index contributed by atoms with van der Waals surface area (Å²) in [5, 5.41) is 7.57. The highest BCUT2D eigenvalue weighted by Crippen LogP contribution is 2.18. The second-order valence-corrected chi connectivity index (χ2v) is 4.43. The molecule has 0 atom stereocenters. The van der Waals surface area contributed by atoms with Gasteiger partial charge in [0.1, 0.15) is 12.4 Å². The van der Waals surface area contributed by atoms with Crippen LogP contribution in [0.25, 0.3) is 0 Å². The van der Waals surface area contributed by atoms with Gasteiger partial charge >= 0.3 is 5.97 Å². The Bertz CT molecular complexity index is 624. The van der Waals surface area contributed by atoms with Crippen LogP contribution in [0.1, 0.15) is 23.0 Å². The summed E-state index contributed by atoms with van der Waals surface area (Å²) >= 11 is 0. The van der Waals surface area contributed by atoms with Crippen LogP contribution in [0.3, 0.4) is 0 Å². The summed E-state index contributed by atoms with van der Waals surface area (Å²) in [6.07, 6.45) is 1.38. The van der Waals surface area contributed by atoms with E-state index in [1.165, 1.54) is 10.9 Å². The fourth-order valence-electron chi connectivity index (χ4n) is 1.77. The summed E-state index contributed by atoms with van der Waals surface area (Å²) in [6, 6.07) is 5.46. The van der Waals surface area contributed by atoms with Crippen molar-refractivity contribution in [3.8, 4) is 5.75 Å². The van der Waals surface area contributed by atoms with Gasteiger partial charge in [-0.25, -0.2) is 9.48 Å². The second-order valence-electron chi connectivity index (χ2n) is 4.43. The molecule has 0 bridgehead atoms. The molecule has 0 spiro atoms. The fourth-order valence-corrected chi connectivity index (χ4v) is 1.77. The van der Waals surface area contributed by atoms with Crippen molar-refractivity contribution < 1.29 is 14.3 Å². The number of nitrogens with two attached hydrogens (primary N) is 1. The van der Waals surface area contributed by atoms with Crippen molar-refractivity contribution >= 4 is 11.7 Å². The molecule has 0 saturated carbocycles. The van der Waals surface area contributed by atoms with E-state index in [1.54, 1.807) is 19.1 Å². The van der Waals surface area contributed by atoms with Crippen molar-refractivity contribution in [1.29, 1.82) is 0 Å². The van der Waals surface area contributed by atoms with E-state index in [2.05, 4.69) is 10.3 Å². The van der Waals surface area contributed by atoms with Gasteiger partial charge in [0.05, 0.1) is 19.3 Å². The molecule has 7 nitrogen and oxygen atoms in total. The lowest BCUT2D eigenvalue weighted by Gasteiger charge is -2.09. The second kappa shape index (κ2) is 6.74. The third-order valence-electron chi connectivity index (χ3n) is 2.92. The van der Waals surface area contributed by atoms with Gasteiger partial charge in [-0.15, -0.1) is 5.10 Å². The van der Waals surface area contributed by atoms with Crippen molar-refractivity contribution in [2.45, 2.75) is 20.4 Å². The predicted octanol–water partition coefficient (Wildman–Crippen LogP) is 1.42. The highest BCUT2D eigenvalue weighted by molar-refractivity contribution is 5.87. The average Bonchev–Trinajstić information content (AvgIpc) is 2.91. The Hall–Kier alpha value is -2.57. The monoisotopic (exact) mass is 290 g/mol. The van der Waals surface area contributed by atoms with Crippen molar-refractivity contribution in [2.75, 3.05) is 18.9 Å². The van der Waals surface area contributed by atoms with Gasteiger partial charge in [-0.3, -0.25) is 0 Å². The van der Waals surface area contributed by atoms with Gasteiger partial charge in [-0.1, -0.05) is 5.21 Å². The van der Waals surface area contributed by atoms with Gasteiger partial charge in [-0.2, -0.15) is 0 Å². The van der Waals surface area contributed by atoms with Crippen LogP contribution >= 0.6 is 0 Å². The van der Waals surface area contributed by atoms with Crippen molar-refractivity contribution in [2.24, 2.45) is 0 Å².